The fourth-order valence-corrected chi connectivity index (χ4v) is 2.28. The molecule has 0 bridgehead atoms. The van der Waals surface area contributed by atoms with Crippen LogP contribution < -0.4 is 0 Å². The third-order valence-corrected chi connectivity index (χ3v) is 3.51. The molecule has 0 atom stereocenters. The Labute approximate surface area is 117 Å². The zero-order valence-corrected chi connectivity index (χ0v) is 11.7. The number of nitrogens with zero attached hydrogens (tertiary/aromatic N) is 1. The smallest absolute Gasteiger partial charge is 0.360 e. The molecule has 0 aromatic heterocycles. The third kappa shape index (κ3) is 3.35. The lowest BCUT2D eigenvalue weighted by Gasteiger charge is -2.21. The second kappa shape index (κ2) is 6.03. The highest BCUT2D eigenvalue weighted by Gasteiger charge is 2.31. The number of hydrogen-bond acceptors (Lipinski definition) is 4. The Morgan fingerprint density at radius 1 is 1.25 bits per heavy atom. The van der Waals surface area contributed by atoms with Gasteiger partial charge in [-0.15, -0.1) is 0 Å². The van der Waals surface area contributed by atoms with Gasteiger partial charge in [0.1, 0.15) is 11.4 Å². The van der Waals surface area contributed by atoms with Crippen molar-refractivity contribution in [3.05, 3.63) is 35.6 Å². The monoisotopic (exact) mass is 279 g/mol. The molecule has 1 aliphatic rings. The van der Waals surface area contributed by atoms with Gasteiger partial charge in [0.15, 0.2) is 5.71 Å². The van der Waals surface area contributed by atoms with Crippen molar-refractivity contribution in [3.63, 3.8) is 0 Å². The molecule has 1 saturated carbocycles. The largest absolute Gasteiger partial charge is 0.464 e. The van der Waals surface area contributed by atoms with E-state index in [1.807, 2.05) is 6.92 Å². The zero-order chi connectivity index (χ0) is 14.6. The molecule has 0 unspecified atom stereocenters. The highest BCUT2D eigenvalue weighted by Crippen LogP contribution is 2.32. The van der Waals surface area contributed by atoms with Gasteiger partial charge >= 0.3 is 5.97 Å². The molecule has 1 aromatic carbocycles. The van der Waals surface area contributed by atoms with Crippen molar-refractivity contribution >= 4 is 11.7 Å². The summed E-state index contributed by atoms with van der Waals surface area (Å²) in [6.45, 7) is 1.98. The van der Waals surface area contributed by atoms with E-state index in [0.29, 0.717) is 5.56 Å². The van der Waals surface area contributed by atoms with E-state index in [0.717, 1.165) is 25.7 Å². The molecule has 5 heteroatoms. The van der Waals surface area contributed by atoms with E-state index in [2.05, 4.69) is 5.16 Å². The average molecular weight is 279 g/mol. The molecule has 0 radical (unpaired) electrons. The number of methoxy groups -OCH3 is 1. The van der Waals surface area contributed by atoms with Gasteiger partial charge < -0.3 is 9.57 Å². The highest BCUT2D eigenvalue weighted by atomic mass is 19.1. The maximum Gasteiger partial charge on any atom is 0.360 e. The molecule has 4 nitrogen and oxygen atoms in total. The van der Waals surface area contributed by atoms with Gasteiger partial charge in [0, 0.05) is 5.56 Å². The van der Waals surface area contributed by atoms with Crippen LogP contribution in [0.2, 0.25) is 0 Å². The molecule has 20 heavy (non-hydrogen) atoms. The number of rotatable bonds is 4. The minimum absolute atomic E-state index is 0.0561. The first-order chi connectivity index (χ1) is 9.54. The van der Waals surface area contributed by atoms with Gasteiger partial charge in [-0.2, -0.15) is 0 Å². The summed E-state index contributed by atoms with van der Waals surface area (Å²) < 4.78 is 17.6. The van der Waals surface area contributed by atoms with E-state index in [4.69, 9.17) is 9.57 Å². The fourth-order valence-electron chi connectivity index (χ4n) is 2.28. The molecule has 0 spiro atoms. The zero-order valence-electron chi connectivity index (χ0n) is 11.7. The standard InChI is InChI=1S/C15H18FNO3/c1-15(9-3-4-10-15)20-17-13(14(18)19-2)11-5-7-12(16)8-6-11/h5-8H,3-4,9-10H2,1-2H3. The second-order valence-electron chi connectivity index (χ2n) is 5.19. The number of halogens is 1. The van der Waals surface area contributed by atoms with Gasteiger partial charge in [0.05, 0.1) is 7.11 Å². The number of oxime groups is 1. The van der Waals surface area contributed by atoms with Crippen molar-refractivity contribution in [2.24, 2.45) is 5.16 Å². The van der Waals surface area contributed by atoms with Crippen LogP contribution in [-0.2, 0) is 14.4 Å². The van der Waals surface area contributed by atoms with Gasteiger partial charge in [-0.1, -0.05) is 5.16 Å². The second-order valence-corrected chi connectivity index (χ2v) is 5.19. The van der Waals surface area contributed by atoms with Crippen molar-refractivity contribution in [3.8, 4) is 0 Å². The van der Waals surface area contributed by atoms with E-state index in [1.54, 1.807) is 0 Å². The van der Waals surface area contributed by atoms with Gasteiger partial charge in [-0.3, -0.25) is 0 Å². The summed E-state index contributed by atoms with van der Waals surface area (Å²) in [4.78, 5) is 17.3. The maximum atomic E-state index is 12.9. The number of esters is 1. The van der Waals surface area contributed by atoms with Crippen LogP contribution in [-0.4, -0.2) is 24.4 Å². The Bertz CT molecular complexity index is 504. The van der Waals surface area contributed by atoms with E-state index < -0.39 is 5.97 Å². The van der Waals surface area contributed by atoms with Crippen LogP contribution >= 0.6 is 0 Å². The van der Waals surface area contributed by atoms with Gasteiger partial charge in [0.2, 0.25) is 0 Å². The summed E-state index contributed by atoms with van der Waals surface area (Å²) in [5, 5.41) is 3.97. The summed E-state index contributed by atoms with van der Waals surface area (Å²) in [5.41, 5.74) is 0.194. The first kappa shape index (κ1) is 14.5. The highest BCUT2D eigenvalue weighted by molar-refractivity contribution is 6.43. The molecule has 0 aliphatic heterocycles. The Kier molecular flexibility index (Phi) is 4.37. The minimum Gasteiger partial charge on any atom is -0.464 e. The fraction of sp³-hybridized carbons (Fsp3) is 0.467. The maximum absolute atomic E-state index is 12.9. The Balaban J connectivity index is 2.23. The summed E-state index contributed by atoms with van der Waals surface area (Å²) in [5.74, 6) is -0.972. The SMILES string of the molecule is COC(=O)C(=NOC1(C)CCCC1)c1ccc(F)cc1. The average Bonchev–Trinajstić information content (AvgIpc) is 2.87. The Morgan fingerprint density at radius 3 is 2.40 bits per heavy atom. The first-order valence-corrected chi connectivity index (χ1v) is 6.64. The molecule has 0 saturated heterocycles. The lowest BCUT2D eigenvalue weighted by atomic mass is 10.1. The van der Waals surface area contributed by atoms with Crippen molar-refractivity contribution in [1.82, 2.24) is 0 Å². The quantitative estimate of drug-likeness (QED) is 0.483. The number of benzene rings is 1. The Hall–Kier alpha value is -1.91. The number of carbonyl (C=O) groups excluding carboxylic acids is 1. The van der Waals surface area contributed by atoms with E-state index in [-0.39, 0.29) is 17.1 Å². The van der Waals surface area contributed by atoms with Gasteiger partial charge in [0.25, 0.3) is 0 Å². The van der Waals surface area contributed by atoms with E-state index in [1.165, 1.54) is 31.4 Å². The molecule has 1 fully saturated rings. The van der Waals surface area contributed by atoms with Crippen LogP contribution in [0, 0.1) is 5.82 Å². The third-order valence-electron chi connectivity index (χ3n) is 3.51. The Morgan fingerprint density at radius 2 is 1.85 bits per heavy atom. The lowest BCUT2D eigenvalue weighted by molar-refractivity contribution is -0.133. The molecule has 108 valence electrons. The van der Waals surface area contributed by atoms with Crippen molar-refractivity contribution < 1.29 is 18.8 Å². The molecular weight excluding hydrogens is 261 g/mol. The van der Waals surface area contributed by atoms with Crippen LogP contribution in [0.3, 0.4) is 0 Å². The summed E-state index contributed by atoms with van der Waals surface area (Å²) in [7, 11) is 1.28. The van der Waals surface area contributed by atoms with Crippen LogP contribution in [0.1, 0.15) is 38.2 Å². The first-order valence-electron chi connectivity index (χ1n) is 6.64. The number of hydrogen-bond donors (Lipinski definition) is 0. The number of carbonyl (C=O) groups is 1. The van der Waals surface area contributed by atoms with Crippen molar-refractivity contribution in [2.45, 2.75) is 38.2 Å². The molecule has 0 amide bonds. The van der Waals surface area contributed by atoms with Crippen LogP contribution in [0.25, 0.3) is 0 Å². The van der Waals surface area contributed by atoms with E-state index in [9.17, 15) is 9.18 Å². The predicted octanol–water partition coefficient (Wildman–Crippen LogP) is 3.05. The summed E-state index contributed by atoms with van der Waals surface area (Å²) in [6.07, 6.45) is 4.01. The van der Waals surface area contributed by atoms with Crippen LogP contribution in [0.4, 0.5) is 4.39 Å². The van der Waals surface area contributed by atoms with Gasteiger partial charge in [-0.25, -0.2) is 9.18 Å². The van der Waals surface area contributed by atoms with Gasteiger partial charge in [-0.05, 0) is 56.9 Å². The molecule has 0 N–H and O–H groups in total. The topological polar surface area (TPSA) is 47.9 Å². The van der Waals surface area contributed by atoms with Crippen LogP contribution in [0.15, 0.2) is 29.4 Å². The molecule has 1 aromatic rings. The molecule has 1 aliphatic carbocycles. The van der Waals surface area contributed by atoms with Crippen molar-refractivity contribution in [2.75, 3.05) is 7.11 Å². The molecular formula is C15H18FNO3. The van der Waals surface area contributed by atoms with Crippen molar-refractivity contribution in [1.29, 1.82) is 0 Å². The molecule has 2 rings (SSSR count). The normalized spacial score (nSPS) is 17.9. The summed E-state index contributed by atoms with van der Waals surface area (Å²) >= 11 is 0. The summed E-state index contributed by atoms with van der Waals surface area (Å²) in [6, 6.07) is 5.49. The molecule has 0 heterocycles. The lowest BCUT2D eigenvalue weighted by Crippen LogP contribution is -2.25. The number of ether oxygens (including phenoxy) is 1. The minimum atomic E-state index is -0.599. The van der Waals surface area contributed by atoms with E-state index >= 15 is 0 Å². The predicted molar refractivity (Wildman–Crippen MR) is 72.9 cm³/mol. The van der Waals surface area contributed by atoms with Crippen LogP contribution in [0.5, 0.6) is 0 Å².